The number of carbonyl (C=O) groups excluding carboxylic acids is 3. The van der Waals surface area contributed by atoms with Gasteiger partial charge in [-0.15, -0.1) is 0 Å². The molecule has 0 saturated heterocycles. The summed E-state index contributed by atoms with van der Waals surface area (Å²) in [6.45, 7) is 4.35. The van der Waals surface area contributed by atoms with Crippen molar-refractivity contribution < 1.29 is 24.2 Å². The molecule has 0 heterocycles. The zero-order chi connectivity index (χ0) is 28.2. The van der Waals surface area contributed by atoms with Gasteiger partial charge in [0.1, 0.15) is 11.8 Å². The number of phenols is 1. The summed E-state index contributed by atoms with van der Waals surface area (Å²) in [5, 5.41) is 15.3. The Morgan fingerprint density at radius 3 is 2.05 bits per heavy atom. The molecule has 0 radical (unpaired) electrons. The van der Waals surface area contributed by atoms with Crippen LogP contribution in [0.4, 0.5) is 0 Å². The number of carbonyl (C=O) groups is 3. The summed E-state index contributed by atoms with van der Waals surface area (Å²) in [6, 6.07) is 24.0. The fourth-order valence-corrected chi connectivity index (χ4v) is 4.45. The SMILES string of the molecule is COC(=O)C[C@@H](CC(C)C)C(=O)N[C@@H](Cc1ccc(-c2ccccc2)cc1)C(=O)NCCc1ccc(O)cc1. The Morgan fingerprint density at radius 2 is 1.44 bits per heavy atom. The Hall–Kier alpha value is -4.13. The van der Waals surface area contributed by atoms with E-state index in [1.54, 1.807) is 24.3 Å². The van der Waals surface area contributed by atoms with E-state index in [0.29, 0.717) is 25.8 Å². The van der Waals surface area contributed by atoms with E-state index < -0.39 is 17.9 Å². The van der Waals surface area contributed by atoms with Gasteiger partial charge < -0.3 is 20.5 Å². The van der Waals surface area contributed by atoms with E-state index in [1.807, 2.05) is 68.4 Å². The first-order valence-electron chi connectivity index (χ1n) is 13.3. The number of ether oxygens (including phenoxy) is 1. The van der Waals surface area contributed by atoms with Gasteiger partial charge in [-0.25, -0.2) is 0 Å². The monoisotopic (exact) mass is 530 g/mol. The predicted molar refractivity (Wildman–Crippen MR) is 152 cm³/mol. The molecule has 3 aromatic rings. The van der Waals surface area contributed by atoms with Gasteiger partial charge >= 0.3 is 5.97 Å². The van der Waals surface area contributed by atoms with E-state index in [2.05, 4.69) is 10.6 Å². The average molecular weight is 531 g/mol. The number of benzene rings is 3. The van der Waals surface area contributed by atoms with Crippen LogP contribution in [0.1, 0.15) is 37.8 Å². The lowest BCUT2D eigenvalue weighted by Crippen LogP contribution is -2.50. The lowest BCUT2D eigenvalue weighted by Gasteiger charge is -2.23. The molecular weight excluding hydrogens is 492 g/mol. The first-order valence-corrected chi connectivity index (χ1v) is 13.3. The number of rotatable bonds is 13. The lowest BCUT2D eigenvalue weighted by atomic mass is 9.92. The molecule has 3 aromatic carbocycles. The second kappa shape index (κ2) is 14.7. The van der Waals surface area contributed by atoms with Gasteiger partial charge in [0.15, 0.2) is 0 Å². The molecule has 3 rings (SSSR count). The molecule has 0 aromatic heterocycles. The minimum atomic E-state index is -0.813. The van der Waals surface area contributed by atoms with Gasteiger partial charge in [0.05, 0.1) is 13.5 Å². The number of methoxy groups -OCH3 is 1. The third-order valence-electron chi connectivity index (χ3n) is 6.55. The second-order valence-corrected chi connectivity index (χ2v) is 10.1. The molecule has 2 atom stereocenters. The van der Waals surface area contributed by atoms with Gasteiger partial charge in [-0.1, -0.05) is 80.6 Å². The molecule has 0 unspecified atom stereocenters. The lowest BCUT2D eigenvalue weighted by molar-refractivity contribution is -0.144. The molecule has 7 heteroatoms. The maximum atomic E-state index is 13.3. The van der Waals surface area contributed by atoms with Crippen molar-refractivity contribution in [2.75, 3.05) is 13.7 Å². The van der Waals surface area contributed by atoms with Gasteiger partial charge in [0.2, 0.25) is 11.8 Å². The smallest absolute Gasteiger partial charge is 0.306 e. The number of aromatic hydroxyl groups is 1. The third kappa shape index (κ3) is 9.60. The zero-order valence-corrected chi connectivity index (χ0v) is 22.9. The molecule has 0 aliphatic carbocycles. The van der Waals surface area contributed by atoms with Crippen LogP contribution in [0.3, 0.4) is 0 Å². The van der Waals surface area contributed by atoms with E-state index in [0.717, 1.165) is 22.3 Å². The fourth-order valence-electron chi connectivity index (χ4n) is 4.45. The first kappa shape index (κ1) is 29.4. The van der Waals surface area contributed by atoms with Crippen LogP contribution in [0, 0.1) is 11.8 Å². The highest BCUT2D eigenvalue weighted by molar-refractivity contribution is 5.90. The number of amides is 2. The number of esters is 1. The van der Waals surface area contributed by atoms with Crippen molar-refractivity contribution in [1.29, 1.82) is 0 Å². The predicted octanol–water partition coefficient (Wildman–Crippen LogP) is 4.67. The molecular formula is C32H38N2O5. The van der Waals surface area contributed by atoms with Gasteiger partial charge in [0.25, 0.3) is 0 Å². The molecule has 0 saturated carbocycles. The highest BCUT2D eigenvalue weighted by Gasteiger charge is 2.28. The van der Waals surface area contributed by atoms with E-state index in [1.165, 1.54) is 7.11 Å². The van der Waals surface area contributed by atoms with Gasteiger partial charge in [-0.3, -0.25) is 14.4 Å². The van der Waals surface area contributed by atoms with E-state index in [4.69, 9.17) is 4.74 Å². The Balaban J connectivity index is 1.73. The fraction of sp³-hybridized carbons (Fsp3) is 0.344. The maximum absolute atomic E-state index is 13.3. The largest absolute Gasteiger partial charge is 0.508 e. The topological polar surface area (TPSA) is 105 Å². The second-order valence-electron chi connectivity index (χ2n) is 10.1. The van der Waals surface area contributed by atoms with Gasteiger partial charge in [-0.2, -0.15) is 0 Å². The quantitative estimate of drug-likeness (QED) is 0.279. The summed E-state index contributed by atoms with van der Waals surface area (Å²) in [5.74, 6) is -1.31. The molecule has 206 valence electrons. The van der Waals surface area contributed by atoms with Crippen LogP contribution in [-0.4, -0.2) is 42.6 Å². The standard InChI is InChI=1S/C32H38N2O5/c1-22(2)19-27(21-30(36)39-3)31(37)34-29(32(38)33-18-17-23-11-15-28(35)16-12-23)20-24-9-13-26(14-10-24)25-7-5-4-6-8-25/h4-16,22,27,29,35H,17-21H2,1-3H3,(H,33,38)(H,34,37)/t27-,29+/m1/s1. The van der Waals surface area contributed by atoms with Crippen LogP contribution in [0.15, 0.2) is 78.9 Å². The number of phenolic OH excluding ortho intramolecular Hbond substituents is 1. The van der Waals surface area contributed by atoms with E-state index in [9.17, 15) is 19.5 Å². The van der Waals surface area contributed by atoms with Crippen LogP contribution in [0.5, 0.6) is 5.75 Å². The van der Waals surface area contributed by atoms with Crippen LogP contribution >= 0.6 is 0 Å². The van der Waals surface area contributed by atoms with Crippen molar-refractivity contribution in [2.45, 2.75) is 45.6 Å². The zero-order valence-electron chi connectivity index (χ0n) is 22.9. The Morgan fingerprint density at radius 1 is 0.821 bits per heavy atom. The minimum absolute atomic E-state index is 0.0402. The molecule has 0 spiro atoms. The summed E-state index contributed by atoms with van der Waals surface area (Å²) in [4.78, 5) is 38.5. The number of hydrogen-bond donors (Lipinski definition) is 3. The van der Waals surface area contributed by atoms with Crippen molar-refractivity contribution in [3.63, 3.8) is 0 Å². The first-order chi connectivity index (χ1) is 18.7. The van der Waals surface area contributed by atoms with Crippen molar-refractivity contribution in [1.82, 2.24) is 10.6 Å². The minimum Gasteiger partial charge on any atom is -0.508 e. The summed E-state index contributed by atoms with van der Waals surface area (Å²) in [5.41, 5.74) is 4.04. The van der Waals surface area contributed by atoms with Crippen molar-refractivity contribution in [3.05, 3.63) is 90.0 Å². The summed E-state index contributed by atoms with van der Waals surface area (Å²) >= 11 is 0. The molecule has 3 N–H and O–H groups in total. The number of nitrogens with one attached hydrogen (secondary N) is 2. The van der Waals surface area contributed by atoms with E-state index >= 15 is 0 Å². The maximum Gasteiger partial charge on any atom is 0.306 e. The van der Waals surface area contributed by atoms with Gasteiger partial charge in [-0.05, 0) is 53.1 Å². The van der Waals surface area contributed by atoms with Crippen LogP contribution in [0.2, 0.25) is 0 Å². The van der Waals surface area contributed by atoms with Gasteiger partial charge in [0, 0.05) is 18.9 Å². The highest BCUT2D eigenvalue weighted by atomic mass is 16.5. The molecule has 0 aliphatic rings. The Labute approximate surface area is 230 Å². The highest BCUT2D eigenvalue weighted by Crippen LogP contribution is 2.21. The average Bonchev–Trinajstić information content (AvgIpc) is 2.93. The summed E-state index contributed by atoms with van der Waals surface area (Å²) in [7, 11) is 1.30. The van der Waals surface area contributed by atoms with Crippen LogP contribution in [-0.2, 0) is 32.0 Å². The molecule has 2 amide bonds. The van der Waals surface area contributed by atoms with Crippen LogP contribution < -0.4 is 10.6 Å². The summed E-state index contributed by atoms with van der Waals surface area (Å²) in [6.07, 6.45) is 1.35. The number of hydrogen-bond acceptors (Lipinski definition) is 5. The van der Waals surface area contributed by atoms with Crippen molar-refractivity contribution >= 4 is 17.8 Å². The molecule has 7 nitrogen and oxygen atoms in total. The van der Waals surface area contributed by atoms with Crippen molar-refractivity contribution in [3.8, 4) is 16.9 Å². The van der Waals surface area contributed by atoms with Crippen molar-refractivity contribution in [2.24, 2.45) is 11.8 Å². The molecule has 39 heavy (non-hydrogen) atoms. The molecule has 0 bridgehead atoms. The van der Waals surface area contributed by atoms with E-state index in [-0.39, 0.29) is 29.9 Å². The molecule has 0 aliphatic heterocycles. The normalized spacial score (nSPS) is 12.4. The summed E-state index contributed by atoms with van der Waals surface area (Å²) < 4.78 is 4.80. The molecule has 0 fully saturated rings. The Kier molecular flexibility index (Phi) is 11.1. The Bertz CT molecular complexity index is 1210. The van der Waals surface area contributed by atoms with Crippen LogP contribution in [0.25, 0.3) is 11.1 Å². The third-order valence-corrected chi connectivity index (χ3v) is 6.55.